The molecule has 0 aliphatic carbocycles. The van der Waals surface area contributed by atoms with Gasteiger partial charge >= 0.3 is 5.97 Å². The van der Waals surface area contributed by atoms with E-state index >= 15 is 0 Å². The molecule has 2 rings (SSSR count). The molecule has 112 valence electrons. The molecule has 0 spiro atoms. The third-order valence-electron chi connectivity index (χ3n) is 3.10. The Morgan fingerprint density at radius 2 is 2.30 bits per heavy atom. The number of hydrogen-bond donors (Lipinski definition) is 2. The van der Waals surface area contributed by atoms with Gasteiger partial charge in [0.1, 0.15) is 9.77 Å². The van der Waals surface area contributed by atoms with Crippen molar-refractivity contribution in [3.8, 4) is 0 Å². The van der Waals surface area contributed by atoms with Gasteiger partial charge in [0.15, 0.2) is 0 Å². The molecule has 1 aliphatic rings. The van der Waals surface area contributed by atoms with E-state index in [2.05, 4.69) is 25.6 Å². The van der Waals surface area contributed by atoms with Crippen LogP contribution in [0, 0.1) is 0 Å². The van der Waals surface area contributed by atoms with Gasteiger partial charge in [-0.3, -0.25) is 0 Å². The monoisotopic (exact) mass is 382 g/mol. The quantitative estimate of drug-likeness (QED) is 0.825. The van der Waals surface area contributed by atoms with E-state index in [1.54, 1.807) is 0 Å². The van der Waals surface area contributed by atoms with Gasteiger partial charge in [-0.25, -0.2) is 17.9 Å². The van der Waals surface area contributed by atoms with Crippen molar-refractivity contribution in [3.63, 3.8) is 0 Å². The maximum absolute atomic E-state index is 12.3. The fourth-order valence-corrected chi connectivity index (χ4v) is 5.85. The van der Waals surface area contributed by atoms with Gasteiger partial charge < -0.3 is 10.0 Å². The summed E-state index contributed by atoms with van der Waals surface area (Å²) in [6.07, 6.45) is 1.73. The van der Waals surface area contributed by atoms with Crippen LogP contribution in [0.15, 0.2) is 14.7 Å². The number of rotatable bonds is 4. The van der Waals surface area contributed by atoms with Gasteiger partial charge in [0.25, 0.3) is 0 Å². The van der Waals surface area contributed by atoms with Crippen molar-refractivity contribution >= 4 is 43.3 Å². The molecule has 0 aromatic carbocycles. The van der Waals surface area contributed by atoms with Gasteiger partial charge in [0, 0.05) is 12.6 Å². The molecular weight excluding hydrogens is 368 g/mol. The summed E-state index contributed by atoms with van der Waals surface area (Å²) < 4.78 is 27.6. The number of nitrogens with zero attached hydrogens (tertiary/aromatic N) is 1. The summed E-state index contributed by atoms with van der Waals surface area (Å²) in [5, 5.41) is 8.91. The smallest absolute Gasteiger partial charge is 0.345 e. The molecule has 20 heavy (non-hydrogen) atoms. The summed E-state index contributed by atoms with van der Waals surface area (Å²) in [5.41, 5.74) is 0. The van der Waals surface area contributed by atoms with Crippen LogP contribution in [0.25, 0.3) is 0 Å². The van der Waals surface area contributed by atoms with Crippen molar-refractivity contribution < 1.29 is 18.3 Å². The second kappa shape index (κ2) is 6.10. The number of nitrogens with one attached hydrogen (secondary N) is 1. The highest BCUT2D eigenvalue weighted by Crippen LogP contribution is 2.32. The average Bonchev–Trinajstić information content (AvgIpc) is 2.71. The van der Waals surface area contributed by atoms with E-state index < -0.39 is 16.0 Å². The van der Waals surface area contributed by atoms with Crippen molar-refractivity contribution in [2.24, 2.45) is 0 Å². The first-order chi connectivity index (χ1) is 9.29. The predicted molar refractivity (Wildman–Crippen MR) is 79.8 cm³/mol. The van der Waals surface area contributed by atoms with Crippen molar-refractivity contribution in [3.05, 3.63) is 14.7 Å². The van der Waals surface area contributed by atoms with E-state index in [1.165, 1.54) is 6.07 Å². The minimum absolute atomic E-state index is 0.00184. The Balaban J connectivity index is 2.19. The number of carboxylic acid groups (broad SMARTS) is 1. The fourth-order valence-electron chi connectivity index (χ4n) is 2.19. The Morgan fingerprint density at radius 3 is 2.85 bits per heavy atom. The van der Waals surface area contributed by atoms with Gasteiger partial charge in [0.05, 0.1) is 3.79 Å². The van der Waals surface area contributed by atoms with Crippen LogP contribution in [0.1, 0.15) is 22.5 Å². The molecular formula is C11H15BrN2O4S2. The second-order valence-electron chi connectivity index (χ2n) is 4.78. The number of hydrogen-bond acceptors (Lipinski definition) is 5. The minimum Gasteiger partial charge on any atom is -0.477 e. The van der Waals surface area contributed by atoms with Gasteiger partial charge in [-0.2, -0.15) is 0 Å². The van der Waals surface area contributed by atoms with E-state index in [4.69, 9.17) is 5.11 Å². The third kappa shape index (κ3) is 3.59. The van der Waals surface area contributed by atoms with E-state index in [1.807, 2.05) is 7.05 Å². The molecule has 1 aromatic rings. The van der Waals surface area contributed by atoms with Gasteiger partial charge in [0.2, 0.25) is 10.0 Å². The molecule has 1 saturated heterocycles. The van der Waals surface area contributed by atoms with Gasteiger partial charge in [-0.1, -0.05) is 0 Å². The van der Waals surface area contributed by atoms with Crippen LogP contribution in [-0.4, -0.2) is 50.6 Å². The highest BCUT2D eigenvalue weighted by molar-refractivity contribution is 9.11. The number of piperidine rings is 1. The standard InChI is InChI=1S/C11H15BrN2O4S2/c1-14-4-2-3-7(6-14)13-20(17,18)9-5-8(11(15)16)19-10(9)12/h5,7,13H,2-4,6H2,1H3,(H,15,16). The number of thiophene rings is 1. The number of likely N-dealkylation sites (N-methyl/N-ethyl adjacent to an activating group) is 1. The summed E-state index contributed by atoms with van der Waals surface area (Å²) >= 11 is 4.02. The van der Waals surface area contributed by atoms with Crippen LogP contribution in [0.4, 0.5) is 0 Å². The molecule has 1 unspecified atom stereocenters. The Hall–Kier alpha value is -0.480. The maximum atomic E-state index is 12.3. The van der Waals surface area contributed by atoms with Crippen LogP contribution in [0.2, 0.25) is 0 Å². The largest absolute Gasteiger partial charge is 0.477 e. The molecule has 1 fully saturated rings. The van der Waals surface area contributed by atoms with E-state index in [9.17, 15) is 13.2 Å². The van der Waals surface area contributed by atoms with Crippen LogP contribution >= 0.6 is 27.3 Å². The first kappa shape index (κ1) is 15.9. The fraction of sp³-hybridized carbons (Fsp3) is 0.545. The first-order valence-electron chi connectivity index (χ1n) is 6.03. The number of carbonyl (C=O) groups is 1. The molecule has 0 amide bonds. The lowest BCUT2D eigenvalue weighted by molar-refractivity contribution is 0.0702. The Morgan fingerprint density at radius 1 is 1.60 bits per heavy atom. The molecule has 2 N–H and O–H groups in total. The van der Waals surface area contributed by atoms with E-state index in [-0.39, 0.29) is 15.8 Å². The zero-order chi connectivity index (χ0) is 14.9. The number of carboxylic acids is 1. The lowest BCUT2D eigenvalue weighted by atomic mass is 10.1. The molecule has 6 nitrogen and oxygen atoms in total. The summed E-state index contributed by atoms with van der Waals surface area (Å²) in [6.45, 7) is 1.62. The summed E-state index contributed by atoms with van der Waals surface area (Å²) in [6, 6.07) is 1.05. The summed E-state index contributed by atoms with van der Waals surface area (Å²) in [5.74, 6) is -1.13. The van der Waals surface area contributed by atoms with Crippen LogP contribution in [-0.2, 0) is 10.0 Å². The van der Waals surface area contributed by atoms with E-state index in [0.717, 1.165) is 30.7 Å². The average molecular weight is 383 g/mol. The SMILES string of the molecule is CN1CCCC(NS(=O)(=O)c2cc(C(=O)O)sc2Br)C1. The molecule has 9 heteroatoms. The zero-order valence-electron chi connectivity index (χ0n) is 10.8. The molecule has 1 aliphatic heterocycles. The number of aromatic carboxylic acids is 1. The lowest BCUT2D eigenvalue weighted by Crippen LogP contribution is -2.46. The van der Waals surface area contributed by atoms with Crippen LogP contribution < -0.4 is 4.72 Å². The van der Waals surface area contributed by atoms with Gasteiger partial charge in [-0.05, 0) is 48.4 Å². The number of sulfonamides is 1. The highest BCUT2D eigenvalue weighted by atomic mass is 79.9. The maximum Gasteiger partial charge on any atom is 0.345 e. The molecule has 2 heterocycles. The molecule has 1 aromatic heterocycles. The Kier molecular flexibility index (Phi) is 4.85. The lowest BCUT2D eigenvalue weighted by Gasteiger charge is -2.29. The van der Waals surface area contributed by atoms with Crippen molar-refractivity contribution in [1.82, 2.24) is 9.62 Å². The van der Waals surface area contributed by atoms with E-state index in [0.29, 0.717) is 10.3 Å². The number of halogens is 1. The molecule has 0 bridgehead atoms. The van der Waals surface area contributed by atoms with Crippen LogP contribution in [0.3, 0.4) is 0 Å². The second-order valence-corrected chi connectivity index (χ2v) is 8.83. The molecule has 0 radical (unpaired) electrons. The van der Waals surface area contributed by atoms with Gasteiger partial charge in [-0.15, -0.1) is 11.3 Å². The first-order valence-corrected chi connectivity index (χ1v) is 9.12. The molecule has 0 saturated carbocycles. The van der Waals surface area contributed by atoms with Crippen LogP contribution in [0.5, 0.6) is 0 Å². The topological polar surface area (TPSA) is 86.7 Å². The Labute approximate surface area is 130 Å². The molecule has 1 atom stereocenters. The highest BCUT2D eigenvalue weighted by Gasteiger charge is 2.27. The zero-order valence-corrected chi connectivity index (χ0v) is 14.0. The Bertz CT molecular complexity index is 614. The number of likely N-dealkylation sites (tertiary alicyclic amines) is 1. The van der Waals surface area contributed by atoms with Crippen molar-refractivity contribution in [2.75, 3.05) is 20.1 Å². The third-order valence-corrected chi connectivity index (χ3v) is 6.86. The normalized spacial score (nSPS) is 21.0. The summed E-state index contributed by atoms with van der Waals surface area (Å²) in [4.78, 5) is 13.0. The minimum atomic E-state index is -3.70. The summed E-state index contributed by atoms with van der Waals surface area (Å²) in [7, 11) is -1.76. The predicted octanol–water partition coefficient (Wildman–Crippen LogP) is 1.58. The van der Waals surface area contributed by atoms with Crippen molar-refractivity contribution in [2.45, 2.75) is 23.8 Å². The van der Waals surface area contributed by atoms with Crippen molar-refractivity contribution in [1.29, 1.82) is 0 Å².